The number of ether oxygens (including phenoxy) is 6. The molecule has 2 N–H and O–H groups in total. The average Bonchev–Trinajstić information content (AvgIpc) is 2.99. The Hall–Kier alpha value is -4.12. The minimum absolute atomic E-state index is 0.0778. The van der Waals surface area contributed by atoms with Gasteiger partial charge in [-0.05, 0) is 48.6 Å². The number of hydrogen-bond acceptors (Lipinski definition) is 11. The van der Waals surface area contributed by atoms with Crippen molar-refractivity contribution in [2.75, 3.05) is 20.3 Å². The molecule has 0 aliphatic rings. The Morgan fingerprint density at radius 3 is 1.91 bits per heavy atom. The summed E-state index contributed by atoms with van der Waals surface area (Å²) in [6.07, 6.45) is -1.29. The first kappa shape index (κ1) is 35.1. The van der Waals surface area contributed by atoms with Crippen LogP contribution in [0.2, 0.25) is 0 Å². The summed E-state index contributed by atoms with van der Waals surface area (Å²) in [5, 5.41) is 0. The van der Waals surface area contributed by atoms with Gasteiger partial charge in [-0.3, -0.25) is 4.79 Å². The fourth-order valence-corrected chi connectivity index (χ4v) is 3.90. The maximum absolute atomic E-state index is 12.9. The van der Waals surface area contributed by atoms with Crippen LogP contribution in [0.15, 0.2) is 48.5 Å². The maximum Gasteiger partial charge on any atom is 0.513 e. The fourth-order valence-electron chi connectivity index (χ4n) is 3.90. The number of esters is 2. The molecule has 11 nitrogen and oxygen atoms in total. The van der Waals surface area contributed by atoms with E-state index in [4.69, 9.17) is 34.2 Å². The molecule has 236 valence electrons. The van der Waals surface area contributed by atoms with Crippen LogP contribution in [0.3, 0.4) is 0 Å². The largest absolute Gasteiger partial charge is 0.513 e. The van der Waals surface area contributed by atoms with Crippen molar-refractivity contribution in [3.63, 3.8) is 0 Å². The summed E-state index contributed by atoms with van der Waals surface area (Å²) in [5.74, 6) is -1.28. The molecule has 0 fully saturated rings. The Bertz CT molecular complexity index is 1220. The molecule has 3 unspecified atom stereocenters. The van der Waals surface area contributed by atoms with Gasteiger partial charge in [-0.2, -0.15) is 0 Å². The van der Waals surface area contributed by atoms with Crippen molar-refractivity contribution in [1.29, 1.82) is 0 Å². The predicted octanol–water partition coefficient (Wildman–Crippen LogP) is 5.86. The molecule has 0 spiro atoms. The molecule has 2 aromatic rings. The lowest BCUT2D eigenvalue weighted by Gasteiger charge is -2.29. The summed E-state index contributed by atoms with van der Waals surface area (Å²) in [4.78, 5) is 50.2. The summed E-state index contributed by atoms with van der Waals surface area (Å²) in [5.41, 5.74) is 5.72. The molecule has 0 aromatic heterocycles. The van der Waals surface area contributed by atoms with E-state index >= 15 is 0 Å². The van der Waals surface area contributed by atoms with E-state index in [9.17, 15) is 19.2 Å². The van der Waals surface area contributed by atoms with Gasteiger partial charge in [0.05, 0.1) is 25.9 Å². The van der Waals surface area contributed by atoms with E-state index in [1.165, 1.54) is 19.2 Å². The van der Waals surface area contributed by atoms with Gasteiger partial charge in [0.15, 0.2) is 11.5 Å². The summed E-state index contributed by atoms with van der Waals surface area (Å²) in [7, 11) is 1.20. The van der Waals surface area contributed by atoms with Gasteiger partial charge in [-0.1, -0.05) is 64.8 Å². The van der Waals surface area contributed by atoms with Crippen LogP contribution in [-0.2, 0) is 30.2 Å². The van der Waals surface area contributed by atoms with Gasteiger partial charge in [0.2, 0.25) is 0 Å². The van der Waals surface area contributed by atoms with Crippen LogP contribution >= 0.6 is 0 Å². The molecule has 2 rings (SSSR count). The van der Waals surface area contributed by atoms with Crippen molar-refractivity contribution in [2.24, 2.45) is 17.6 Å². The third kappa shape index (κ3) is 11.6. The Balaban J connectivity index is 2.28. The number of nitrogens with two attached hydrogens (primary N) is 1. The minimum atomic E-state index is -1.63. The molecular weight excluding hydrogens is 558 g/mol. The normalized spacial score (nSPS) is 14.3. The van der Waals surface area contributed by atoms with Crippen molar-refractivity contribution in [2.45, 2.75) is 71.9 Å². The second-order valence-corrected chi connectivity index (χ2v) is 10.7. The number of benzene rings is 2. The van der Waals surface area contributed by atoms with Crippen LogP contribution in [0.25, 0.3) is 0 Å². The standard InChI is InChI=1S/C32H43NO10/c1-7-21(3)19-39-30(36)42-26-15-14-24(16-27(26)43-31(37)40-20-22(4)8-2)18-32(33,29(35)38-6)17-23(5)41-28(34)25-12-10-9-11-13-25/h9-16,21-23H,7-8,17-20,33H2,1-6H3/t21?,22?,23?,32-/m1/s1. The highest BCUT2D eigenvalue weighted by Crippen LogP contribution is 2.32. The number of carbonyl (C=O) groups excluding carboxylic acids is 4. The van der Waals surface area contributed by atoms with E-state index in [2.05, 4.69) is 0 Å². The van der Waals surface area contributed by atoms with Gasteiger partial charge in [0.25, 0.3) is 0 Å². The van der Waals surface area contributed by atoms with Crippen LogP contribution in [-0.4, -0.2) is 56.2 Å². The van der Waals surface area contributed by atoms with Crippen LogP contribution in [0.1, 0.15) is 69.8 Å². The third-order valence-corrected chi connectivity index (χ3v) is 6.84. The van der Waals surface area contributed by atoms with Crippen LogP contribution < -0.4 is 15.2 Å². The van der Waals surface area contributed by atoms with Crippen LogP contribution in [0, 0.1) is 11.8 Å². The molecule has 11 heteroatoms. The highest BCUT2D eigenvalue weighted by atomic mass is 16.7. The monoisotopic (exact) mass is 601 g/mol. The van der Waals surface area contributed by atoms with E-state index in [1.807, 2.05) is 27.7 Å². The highest BCUT2D eigenvalue weighted by molar-refractivity contribution is 5.89. The third-order valence-electron chi connectivity index (χ3n) is 6.84. The van der Waals surface area contributed by atoms with Crippen molar-refractivity contribution in [3.05, 3.63) is 59.7 Å². The van der Waals surface area contributed by atoms with Crippen LogP contribution in [0.5, 0.6) is 11.5 Å². The number of hydrogen-bond donors (Lipinski definition) is 1. The molecule has 2 aromatic carbocycles. The molecular formula is C32H43NO10. The summed E-state index contributed by atoms with van der Waals surface area (Å²) in [6, 6.07) is 12.8. The van der Waals surface area contributed by atoms with Gasteiger partial charge in [-0.25, -0.2) is 14.4 Å². The molecule has 43 heavy (non-hydrogen) atoms. The molecule has 0 aliphatic heterocycles. The van der Waals surface area contributed by atoms with Crippen molar-refractivity contribution >= 4 is 24.2 Å². The molecule has 0 amide bonds. The van der Waals surface area contributed by atoms with Gasteiger partial charge >= 0.3 is 24.2 Å². The Morgan fingerprint density at radius 2 is 1.37 bits per heavy atom. The van der Waals surface area contributed by atoms with E-state index in [0.717, 1.165) is 12.8 Å². The smallest absolute Gasteiger partial charge is 0.468 e. The first-order valence-electron chi connectivity index (χ1n) is 14.4. The van der Waals surface area contributed by atoms with Crippen molar-refractivity contribution < 1.29 is 47.6 Å². The molecule has 0 bridgehead atoms. The highest BCUT2D eigenvalue weighted by Gasteiger charge is 2.38. The first-order valence-corrected chi connectivity index (χ1v) is 14.4. The van der Waals surface area contributed by atoms with Gasteiger partial charge < -0.3 is 34.2 Å². The lowest BCUT2D eigenvalue weighted by Crippen LogP contribution is -2.53. The Kier molecular flexibility index (Phi) is 14.0. The second-order valence-electron chi connectivity index (χ2n) is 10.7. The summed E-state index contributed by atoms with van der Waals surface area (Å²) < 4.78 is 31.6. The number of methoxy groups -OCH3 is 1. The molecule has 0 aliphatic carbocycles. The minimum Gasteiger partial charge on any atom is -0.468 e. The Morgan fingerprint density at radius 1 is 0.814 bits per heavy atom. The van der Waals surface area contributed by atoms with Crippen molar-refractivity contribution in [1.82, 2.24) is 0 Å². The zero-order valence-electron chi connectivity index (χ0n) is 25.8. The van der Waals surface area contributed by atoms with E-state index in [1.54, 1.807) is 43.3 Å². The van der Waals surface area contributed by atoms with Gasteiger partial charge in [0, 0.05) is 12.8 Å². The number of carbonyl (C=O) groups is 4. The molecule has 0 saturated heterocycles. The molecule has 0 saturated carbocycles. The topological polar surface area (TPSA) is 150 Å². The summed E-state index contributed by atoms with van der Waals surface area (Å²) >= 11 is 0. The first-order chi connectivity index (χ1) is 20.4. The van der Waals surface area contributed by atoms with Crippen molar-refractivity contribution in [3.8, 4) is 11.5 Å². The van der Waals surface area contributed by atoms with Gasteiger partial charge in [0.1, 0.15) is 11.6 Å². The molecule has 0 radical (unpaired) electrons. The van der Waals surface area contributed by atoms with Gasteiger partial charge in [-0.15, -0.1) is 0 Å². The zero-order valence-corrected chi connectivity index (χ0v) is 25.8. The number of rotatable bonds is 15. The SMILES string of the molecule is CCC(C)COC(=O)Oc1ccc(C[C@](N)(CC(C)OC(=O)c2ccccc2)C(=O)OC)cc1OC(=O)OCC(C)CC. The van der Waals surface area contributed by atoms with Crippen LogP contribution in [0.4, 0.5) is 9.59 Å². The molecule has 4 atom stereocenters. The van der Waals surface area contributed by atoms with E-state index in [0.29, 0.717) is 11.1 Å². The second kappa shape index (κ2) is 17.1. The quantitative estimate of drug-likeness (QED) is 0.149. The van der Waals surface area contributed by atoms with E-state index in [-0.39, 0.29) is 49.4 Å². The average molecular weight is 602 g/mol. The molecule has 0 heterocycles. The van der Waals surface area contributed by atoms with E-state index < -0.39 is 35.9 Å². The maximum atomic E-state index is 12.9. The lowest BCUT2D eigenvalue weighted by atomic mass is 9.86. The predicted molar refractivity (Wildman–Crippen MR) is 158 cm³/mol. The zero-order chi connectivity index (χ0) is 32.0. The Labute approximate surface area is 252 Å². The fraction of sp³-hybridized carbons (Fsp3) is 0.500. The lowest BCUT2D eigenvalue weighted by molar-refractivity contribution is -0.148. The summed E-state index contributed by atoms with van der Waals surface area (Å²) in [6.45, 7) is 9.68.